The van der Waals surface area contributed by atoms with E-state index in [0.717, 1.165) is 26.2 Å². The van der Waals surface area contributed by atoms with Crippen LogP contribution in [0, 0.1) is 0 Å². The van der Waals surface area contributed by atoms with Crippen LogP contribution in [0.5, 0.6) is 0 Å². The van der Waals surface area contributed by atoms with Crippen molar-refractivity contribution in [2.45, 2.75) is 0 Å². The van der Waals surface area contributed by atoms with Gasteiger partial charge in [-0.2, -0.15) is 0 Å². The molecule has 0 saturated carbocycles. The van der Waals surface area contributed by atoms with E-state index >= 15 is 0 Å². The Labute approximate surface area is 171 Å². The van der Waals surface area contributed by atoms with Gasteiger partial charge < -0.3 is 55.4 Å². The van der Waals surface area contributed by atoms with Gasteiger partial charge in [0.15, 0.2) is 0 Å². The van der Waals surface area contributed by atoms with Crippen molar-refractivity contribution in [2.75, 3.05) is 82.6 Å². The predicted octanol–water partition coefficient (Wildman–Crippen LogP) is -7.43. The summed E-state index contributed by atoms with van der Waals surface area (Å²) in [7, 11) is 16.7. The van der Waals surface area contributed by atoms with E-state index in [1.165, 1.54) is 0 Å². The molecule has 0 bridgehead atoms. The van der Waals surface area contributed by atoms with E-state index in [2.05, 4.69) is 76.0 Å². The Bertz CT molecular complexity index is 129. The van der Waals surface area contributed by atoms with Crippen LogP contribution in [0.2, 0.25) is 0 Å². The Hall–Kier alpha value is 1.38. The van der Waals surface area contributed by atoms with Gasteiger partial charge in [-0.15, -0.1) is 0 Å². The molecule has 0 spiro atoms. The fourth-order valence-electron chi connectivity index (χ4n) is 0.800. The molecule has 150 valence electrons. The molecule has 10 heteroatoms. The van der Waals surface area contributed by atoms with Crippen LogP contribution in [-0.2, 0) is 34.1 Å². The smallest absolute Gasteiger partial charge is 1.00 e. The van der Waals surface area contributed by atoms with Crippen molar-refractivity contribution in [1.29, 1.82) is 0 Å². The normalized spacial score (nSPS) is 8.18. The van der Waals surface area contributed by atoms with Gasteiger partial charge in [-0.05, 0) is 56.4 Å². The molecule has 6 nitrogen and oxygen atoms in total. The van der Waals surface area contributed by atoms with E-state index in [-0.39, 0.29) is 69.9 Å². The molecule has 0 atom stereocenters. The molecule has 0 aliphatic heterocycles. The summed E-state index contributed by atoms with van der Waals surface area (Å²) in [5.74, 6) is 0. The van der Waals surface area contributed by atoms with Crippen molar-refractivity contribution in [1.82, 2.24) is 19.6 Å². The Morgan fingerprint density at radius 1 is 0.409 bits per heavy atom. The summed E-state index contributed by atoms with van der Waals surface area (Å²) in [5, 5.41) is 0. The summed E-state index contributed by atoms with van der Waals surface area (Å²) < 4.78 is 0. The van der Waals surface area contributed by atoms with E-state index in [4.69, 9.17) is 0 Å². The first-order valence-electron chi connectivity index (χ1n) is 5.84. The van der Waals surface area contributed by atoms with Gasteiger partial charge in [-0.3, -0.25) is 0 Å². The molecule has 0 rings (SSSR count). The van der Waals surface area contributed by atoms with Crippen molar-refractivity contribution < 1.29 is 69.9 Å². The Balaban J connectivity index is -0.0000000233. The number of halogens is 2. The van der Waals surface area contributed by atoms with Gasteiger partial charge in [0.2, 0.25) is 0 Å². The first kappa shape index (κ1) is 49.5. The second kappa shape index (κ2) is 33.9. The van der Waals surface area contributed by atoms with Crippen LogP contribution in [0.1, 0.15) is 0 Å². The molecule has 2 radical (unpaired) electrons. The molecule has 0 amide bonds. The van der Waals surface area contributed by atoms with Crippen LogP contribution in [-0.4, -0.2) is 113 Å². The molecule has 22 heavy (non-hydrogen) atoms. The third-order valence-electron chi connectivity index (χ3n) is 1.99. The van der Waals surface area contributed by atoms with Crippen LogP contribution < -0.4 is 24.8 Å². The average molecular weight is 466 g/mol. The summed E-state index contributed by atoms with van der Waals surface area (Å²) in [5.41, 5.74) is 0. The van der Waals surface area contributed by atoms with Crippen molar-refractivity contribution in [3.05, 3.63) is 0 Å². The molecule has 0 unspecified atom stereocenters. The Morgan fingerprint density at radius 3 is 0.545 bits per heavy atom. The maximum absolute atomic E-state index is 2.18. The minimum Gasteiger partial charge on any atom is -1.00 e. The molecule has 0 aromatic carbocycles. The third-order valence-corrected chi connectivity index (χ3v) is 1.99. The van der Waals surface area contributed by atoms with Crippen molar-refractivity contribution >= 4 is 0 Å². The fourth-order valence-corrected chi connectivity index (χ4v) is 0.800. The zero-order chi connectivity index (χ0) is 13.1. The second-order valence-corrected chi connectivity index (χ2v) is 5.21. The van der Waals surface area contributed by atoms with Gasteiger partial charge in [0.25, 0.3) is 0 Å². The summed E-state index contributed by atoms with van der Waals surface area (Å²) in [4.78, 5) is 8.72. The van der Waals surface area contributed by atoms with Gasteiger partial charge >= 0.3 is 34.1 Å². The van der Waals surface area contributed by atoms with Crippen LogP contribution in [0.15, 0.2) is 0 Å². The first-order chi connectivity index (χ1) is 7.25. The second-order valence-electron chi connectivity index (χ2n) is 5.21. The molecule has 0 aliphatic rings. The molecule has 0 aliphatic carbocycles. The van der Waals surface area contributed by atoms with E-state index in [9.17, 15) is 0 Å². The Kier molecular flexibility index (Phi) is 76.2. The van der Waals surface area contributed by atoms with E-state index < -0.39 is 0 Å². The number of nitrogens with zero attached hydrogens (tertiary/aromatic N) is 4. The van der Waals surface area contributed by atoms with Gasteiger partial charge in [-0.25, -0.2) is 0 Å². The number of likely N-dealkylation sites (N-methyl/N-ethyl adjacent to an activating group) is 4. The number of rotatable bonds is 6. The number of hydrogen-bond donors (Lipinski definition) is 0. The quantitative estimate of drug-likeness (QED) is 0.365. The zero-order valence-electron chi connectivity index (χ0n) is 15.0. The molecule has 4 N–H and O–H groups in total. The average Bonchev–Trinajstić information content (AvgIpc) is 2.12. The first-order valence-corrected chi connectivity index (χ1v) is 5.84. The zero-order valence-corrected chi connectivity index (χ0v) is 18.4. The topological polar surface area (TPSA) is 76.0 Å². The van der Waals surface area contributed by atoms with Crippen molar-refractivity contribution in [3.63, 3.8) is 0 Å². The molecular formula is C12H36Cl2Cu2N4O2+2. The van der Waals surface area contributed by atoms with Gasteiger partial charge in [0, 0.05) is 26.2 Å². The van der Waals surface area contributed by atoms with E-state index in [1.54, 1.807) is 0 Å². The molecule has 0 heterocycles. The van der Waals surface area contributed by atoms with Gasteiger partial charge in [0.05, 0.1) is 0 Å². The summed E-state index contributed by atoms with van der Waals surface area (Å²) >= 11 is 0. The minimum absolute atomic E-state index is 0. The molecule has 0 aromatic heterocycles. The van der Waals surface area contributed by atoms with Crippen LogP contribution >= 0.6 is 0 Å². The Morgan fingerprint density at radius 2 is 0.500 bits per heavy atom. The summed E-state index contributed by atoms with van der Waals surface area (Å²) in [6.07, 6.45) is 0. The fraction of sp³-hybridized carbons (Fsp3) is 1.00. The summed E-state index contributed by atoms with van der Waals surface area (Å²) in [6.45, 7) is 4.58. The molecular weight excluding hydrogens is 430 g/mol. The van der Waals surface area contributed by atoms with Crippen molar-refractivity contribution in [3.8, 4) is 0 Å². The summed E-state index contributed by atoms with van der Waals surface area (Å²) in [6, 6.07) is 0. The van der Waals surface area contributed by atoms with Crippen LogP contribution in [0.4, 0.5) is 0 Å². The minimum atomic E-state index is 0. The molecule has 0 saturated heterocycles. The maximum Gasteiger partial charge on any atom is 2.00 e. The van der Waals surface area contributed by atoms with Crippen LogP contribution in [0.25, 0.3) is 0 Å². The van der Waals surface area contributed by atoms with Gasteiger partial charge in [-0.1, -0.05) is 0 Å². The van der Waals surface area contributed by atoms with E-state index in [1.807, 2.05) is 0 Å². The van der Waals surface area contributed by atoms with Crippen LogP contribution in [0.3, 0.4) is 0 Å². The number of hydrogen-bond acceptors (Lipinski definition) is 4. The standard InChI is InChI=1S/2C6H16N2.2ClH.2Cu.2H2O/c2*1-7(2)5-6-8(3)4;;;;;;/h2*5-6H2,1-4H3;2*1H;;;2*1H2/q;;;;2*+2;;/p-2. The SMILES string of the molecule is CN(C)CCN(C)C.CN(C)CCN(C)C.O.O.[Cl-].[Cl-].[Cu+2].[Cu+2]. The molecule has 0 aromatic rings. The monoisotopic (exact) mass is 464 g/mol. The maximum atomic E-state index is 2.18. The third kappa shape index (κ3) is 68.6. The van der Waals surface area contributed by atoms with E-state index in [0.29, 0.717) is 0 Å². The largest absolute Gasteiger partial charge is 2.00 e. The predicted molar refractivity (Wildman–Crippen MR) is 81.4 cm³/mol. The molecule has 0 fully saturated rings. The van der Waals surface area contributed by atoms with Crippen molar-refractivity contribution in [2.24, 2.45) is 0 Å². The van der Waals surface area contributed by atoms with Gasteiger partial charge in [0.1, 0.15) is 0 Å².